The molecule has 10 heteroatoms. The highest BCUT2D eigenvalue weighted by Crippen LogP contribution is 2.34. The van der Waals surface area contributed by atoms with Crippen LogP contribution >= 0.6 is 11.6 Å². The van der Waals surface area contributed by atoms with E-state index >= 15 is 0 Å². The largest absolute Gasteiger partial charge is 0.417 e. The lowest BCUT2D eigenvalue weighted by atomic mass is 10.00. The molecule has 2 heterocycles. The molecule has 5 nitrogen and oxygen atoms in total. The molecule has 3 aromatic rings. The first-order chi connectivity index (χ1) is 15.9. The first-order valence-corrected chi connectivity index (χ1v) is 10.1. The van der Waals surface area contributed by atoms with Crippen molar-refractivity contribution in [1.29, 1.82) is 0 Å². The lowest BCUT2D eigenvalue weighted by Gasteiger charge is -2.37. The van der Waals surface area contributed by atoms with Crippen molar-refractivity contribution in [3.8, 4) is 0 Å². The molecule has 0 N–H and O–H groups in total. The number of carbonyl (C=O) groups excluding carboxylic acids is 1. The molecule has 0 radical (unpaired) electrons. The molecule has 1 aliphatic rings. The van der Waals surface area contributed by atoms with Gasteiger partial charge in [-0.25, -0.2) is 4.39 Å². The molecule has 1 unspecified atom stereocenters. The third kappa shape index (κ3) is 4.21. The standard InChI is InChI=1S/C22H19ClF4N4O/c1-30(21(32)17-7-6-13(24)12-18(17)22(25,26)27)14-8-10-31(11-9-14)20-16-5-3-2-4-15(16)19(23)28-29-20/h2-7,12,14H,8-11H2,1H3/i10D2. The van der Waals surface area contributed by atoms with Crippen molar-refractivity contribution < 1.29 is 25.1 Å². The average Bonchev–Trinajstić information content (AvgIpc) is 2.78. The summed E-state index contributed by atoms with van der Waals surface area (Å²) in [4.78, 5) is 15.4. The van der Waals surface area contributed by atoms with Crippen LogP contribution in [0.2, 0.25) is 5.15 Å². The number of fused-ring (bicyclic) bond motifs is 1. The Morgan fingerprint density at radius 1 is 1.19 bits per heavy atom. The van der Waals surface area contributed by atoms with Crippen molar-refractivity contribution in [3.05, 3.63) is 64.6 Å². The zero-order chi connectivity index (χ0) is 24.8. The first kappa shape index (κ1) is 19.7. The van der Waals surface area contributed by atoms with Crippen LogP contribution in [0.3, 0.4) is 0 Å². The number of nitrogens with zero attached hydrogens (tertiary/aromatic N) is 4. The molecule has 32 heavy (non-hydrogen) atoms. The highest BCUT2D eigenvalue weighted by molar-refractivity contribution is 6.34. The molecule has 0 aliphatic carbocycles. The Labute approximate surface area is 189 Å². The molecule has 1 amide bonds. The summed E-state index contributed by atoms with van der Waals surface area (Å²) in [5.74, 6) is -1.78. The molecule has 0 saturated carbocycles. The van der Waals surface area contributed by atoms with Crippen LogP contribution in [-0.4, -0.2) is 47.1 Å². The fourth-order valence-corrected chi connectivity index (χ4v) is 3.94. The molecule has 1 saturated heterocycles. The minimum absolute atomic E-state index is 0.130. The van der Waals surface area contributed by atoms with Crippen LogP contribution < -0.4 is 4.90 Å². The summed E-state index contributed by atoms with van der Waals surface area (Å²) in [5, 5.41) is 9.40. The monoisotopic (exact) mass is 468 g/mol. The molecule has 4 rings (SSSR count). The molecule has 1 atom stereocenters. The summed E-state index contributed by atoms with van der Waals surface area (Å²) in [6, 6.07) is 8.20. The van der Waals surface area contributed by atoms with Gasteiger partial charge in [-0.2, -0.15) is 13.2 Å². The van der Waals surface area contributed by atoms with Crippen molar-refractivity contribution in [2.24, 2.45) is 0 Å². The Bertz CT molecular complexity index is 1260. The maximum Gasteiger partial charge on any atom is 0.417 e. The SMILES string of the molecule is [2H]C1([2H])CC(N(C)C(=O)c2ccc(F)cc2C(F)(F)F)CCN1c1nnc(Cl)c2ccccc12. The van der Waals surface area contributed by atoms with Gasteiger partial charge in [0.05, 0.1) is 11.1 Å². The summed E-state index contributed by atoms with van der Waals surface area (Å²) in [5.41, 5.74) is -2.05. The van der Waals surface area contributed by atoms with Crippen LogP contribution in [0.4, 0.5) is 23.4 Å². The van der Waals surface area contributed by atoms with Crippen molar-refractivity contribution in [1.82, 2.24) is 15.1 Å². The van der Waals surface area contributed by atoms with Gasteiger partial charge in [-0.3, -0.25) is 4.79 Å². The van der Waals surface area contributed by atoms with Gasteiger partial charge in [-0.1, -0.05) is 35.9 Å². The number of carbonyl (C=O) groups is 1. The number of rotatable bonds is 3. The Morgan fingerprint density at radius 3 is 2.59 bits per heavy atom. The minimum Gasteiger partial charge on any atom is -0.354 e. The Balaban J connectivity index is 1.60. The van der Waals surface area contributed by atoms with E-state index in [1.165, 1.54) is 11.9 Å². The second-order valence-corrected chi connectivity index (χ2v) is 7.78. The quantitative estimate of drug-likeness (QED) is 0.497. The van der Waals surface area contributed by atoms with Crippen LogP contribution in [0.5, 0.6) is 0 Å². The maximum absolute atomic E-state index is 13.4. The Kier molecular flexibility index (Phi) is 5.26. The van der Waals surface area contributed by atoms with Gasteiger partial charge in [0.15, 0.2) is 11.0 Å². The number of alkyl halides is 3. The van der Waals surface area contributed by atoms with Crippen LogP contribution in [0.25, 0.3) is 10.8 Å². The van der Waals surface area contributed by atoms with E-state index in [0.29, 0.717) is 10.8 Å². The average molecular weight is 469 g/mol. The zero-order valence-corrected chi connectivity index (χ0v) is 17.6. The highest BCUT2D eigenvalue weighted by atomic mass is 35.5. The maximum atomic E-state index is 13.4. The molecule has 1 aromatic heterocycles. The smallest absolute Gasteiger partial charge is 0.354 e. The number of aromatic nitrogens is 2. The van der Waals surface area contributed by atoms with Gasteiger partial charge in [0.1, 0.15) is 5.82 Å². The number of amides is 1. The second kappa shape index (κ2) is 8.54. The molecular formula is C22H19ClF4N4O. The van der Waals surface area contributed by atoms with Crippen LogP contribution in [0.15, 0.2) is 42.5 Å². The predicted octanol–water partition coefficient (Wildman–Crippen LogP) is 5.18. The highest BCUT2D eigenvalue weighted by Gasteiger charge is 2.37. The van der Waals surface area contributed by atoms with E-state index in [2.05, 4.69) is 10.2 Å². The van der Waals surface area contributed by atoms with E-state index in [0.717, 1.165) is 17.0 Å². The van der Waals surface area contributed by atoms with E-state index in [9.17, 15) is 22.4 Å². The lowest BCUT2D eigenvalue weighted by molar-refractivity contribution is -0.138. The second-order valence-electron chi connectivity index (χ2n) is 7.42. The fourth-order valence-electron chi connectivity index (χ4n) is 3.74. The van der Waals surface area contributed by atoms with Crippen molar-refractivity contribution in [2.75, 3.05) is 25.0 Å². The third-order valence-corrected chi connectivity index (χ3v) is 5.75. The van der Waals surface area contributed by atoms with E-state index in [-0.39, 0.29) is 36.4 Å². The van der Waals surface area contributed by atoms with Crippen molar-refractivity contribution in [3.63, 3.8) is 0 Å². The van der Waals surface area contributed by atoms with Gasteiger partial charge < -0.3 is 9.80 Å². The number of benzene rings is 2. The van der Waals surface area contributed by atoms with Gasteiger partial charge in [0, 0.05) is 39.6 Å². The topological polar surface area (TPSA) is 49.3 Å². The van der Waals surface area contributed by atoms with Gasteiger partial charge >= 0.3 is 6.18 Å². The number of halogens is 5. The summed E-state index contributed by atoms with van der Waals surface area (Å²) in [6.07, 6.45) is -4.83. The number of hydrogen-bond donors (Lipinski definition) is 0. The normalized spacial score (nSPS) is 19.4. The molecule has 0 spiro atoms. The van der Waals surface area contributed by atoms with Crippen molar-refractivity contribution >= 4 is 34.1 Å². The lowest BCUT2D eigenvalue weighted by Crippen LogP contribution is -2.46. The van der Waals surface area contributed by atoms with E-state index in [1.807, 2.05) is 0 Å². The summed E-state index contributed by atoms with van der Waals surface area (Å²) in [7, 11) is 1.32. The molecular weight excluding hydrogens is 448 g/mol. The first-order valence-electron chi connectivity index (χ1n) is 10.7. The van der Waals surface area contributed by atoms with Gasteiger partial charge in [0.25, 0.3) is 5.91 Å². The molecule has 168 valence electrons. The van der Waals surface area contributed by atoms with Crippen molar-refractivity contribution in [2.45, 2.75) is 25.1 Å². The van der Waals surface area contributed by atoms with Crippen LogP contribution in [0.1, 0.15) is 31.5 Å². The third-order valence-electron chi connectivity index (χ3n) is 5.47. The number of anilines is 1. The van der Waals surface area contributed by atoms with Gasteiger partial charge in [-0.15, -0.1) is 10.2 Å². The van der Waals surface area contributed by atoms with Gasteiger partial charge in [0.2, 0.25) is 0 Å². The number of piperidine rings is 1. The summed E-state index contributed by atoms with van der Waals surface area (Å²) in [6.45, 7) is -1.86. The fraction of sp³-hybridized carbons (Fsp3) is 0.318. The van der Waals surface area contributed by atoms with Gasteiger partial charge in [-0.05, 0) is 31.0 Å². The van der Waals surface area contributed by atoms with E-state index in [1.54, 1.807) is 24.3 Å². The summed E-state index contributed by atoms with van der Waals surface area (Å²) >= 11 is 6.12. The van der Waals surface area contributed by atoms with Crippen LogP contribution in [0, 0.1) is 5.82 Å². The van der Waals surface area contributed by atoms with Crippen LogP contribution in [-0.2, 0) is 6.18 Å². The predicted molar refractivity (Wildman–Crippen MR) is 113 cm³/mol. The molecule has 1 fully saturated rings. The molecule has 2 aromatic carbocycles. The zero-order valence-electron chi connectivity index (χ0n) is 18.8. The minimum atomic E-state index is -4.92. The van der Waals surface area contributed by atoms with E-state index < -0.39 is 41.6 Å². The Hall–Kier alpha value is -2.94. The summed E-state index contributed by atoms with van der Waals surface area (Å²) < 4.78 is 70.8. The molecule has 0 bridgehead atoms. The molecule has 1 aliphatic heterocycles. The Morgan fingerprint density at radius 2 is 1.91 bits per heavy atom. The van der Waals surface area contributed by atoms with E-state index in [4.69, 9.17) is 14.3 Å². The number of hydrogen-bond acceptors (Lipinski definition) is 4.